The highest BCUT2D eigenvalue weighted by Gasteiger charge is 2.32. The Morgan fingerprint density at radius 2 is 1.97 bits per heavy atom. The highest BCUT2D eigenvalue weighted by Crippen LogP contribution is 2.22. The van der Waals surface area contributed by atoms with Crippen LogP contribution < -0.4 is 14.8 Å². The molecule has 1 aliphatic heterocycles. The second-order valence-corrected chi connectivity index (χ2v) is 7.52. The highest BCUT2D eigenvalue weighted by molar-refractivity contribution is 5.88. The van der Waals surface area contributed by atoms with Crippen LogP contribution in [0.2, 0.25) is 0 Å². The summed E-state index contributed by atoms with van der Waals surface area (Å²) >= 11 is 0. The van der Waals surface area contributed by atoms with E-state index in [4.69, 9.17) is 9.47 Å². The molecule has 3 rings (SSSR count). The van der Waals surface area contributed by atoms with Crippen molar-refractivity contribution < 1.29 is 19.1 Å². The molecule has 0 bridgehead atoms. The van der Waals surface area contributed by atoms with Gasteiger partial charge < -0.3 is 19.7 Å². The molecule has 160 valence electrons. The molecule has 1 N–H and O–H groups in total. The fraction of sp³-hybridized carbons (Fsp3) is 0.417. The lowest BCUT2D eigenvalue weighted by atomic mass is 10.0. The maximum absolute atomic E-state index is 13.1. The summed E-state index contributed by atoms with van der Waals surface area (Å²) in [7, 11) is 0. The van der Waals surface area contributed by atoms with Crippen molar-refractivity contribution in [2.24, 2.45) is 0 Å². The van der Waals surface area contributed by atoms with Crippen LogP contribution in [-0.4, -0.2) is 42.5 Å². The maximum atomic E-state index is 13.1. The van der Waals surface area contributed by atoms with E-state index in [1.54, 1.807) is 4.90 Å². The topological polar surface area (TPSA) is 67.9 Å². The number of amides is 2. The fourth-order valence-electron chi connectivity index (χ4n) is 3.55. The molecule has 1 saturated heterocycles. The lowest BCUT2D eigenvalue weighted by molar-refractivity contribution is -0.144. The van der Waals surface area contributed by atoms with E-state index in [-0.39, 0.29) is 18.4 Å². The van der Waals surface area contributed by atoms with Crippen molar-refractivity contribution in [3.05, 3.63) is 59.7 Å². The molecule has 0 spiro atoms. The number of nitrogens with one attached hydrogen (secondary N) is 1. The summed E-state index contributed by atoms with van der Waals surface area (Å²) < 4.78 is 11.4. The minimum Gasteiger partial charge on any atom is -0.493 e. The van der Waals surface area contributed by atoms with E-state index in [0.717, 1.165) is 29.7 Å². The highest BCUT2D eigenvalue weighted by atomic mass is 16.5. The van der Waals surface area contributed by atoms with Gasteiger partial charge in [-0.05, 0) is 55.5 Å². The number of ether oxygens (including phenoxy) is 2. The summed E-state index contributed by atoms with van der Waals surface area (Å²) in [5, 5.41) is 2.88. The smallest absolute Gasteiger partial charge is 0.261 e. The molecule has 6 heteroatoms. The predicted molar refractivity (Wildman–Crippen MR) is 115 cm³/mol. The largest absolute Gasteiger partial charge is 0.493 e. The molecule has 0 aliphatic carbocycles. The van der Waals surface area contributed by atoms with Crippen LogP contribution in [0, 0.1) is 6.92 Å². The molecule has 1 fully saturated rings. The Morgan fingerprint density at radius 1 is 1.17 bits per heavy atom. The zero-order valence-electron chi connectivity index (χ0n) is 17.7. The van der Waals surface area contributed by atoms with E-state index in [9.17, 15) is 9.59 Å². The van der Waals surface area contributed by atoms with E-state index in [0.29, 0.717) is 31.9 Å². The molecule has 0 aromatic heterocycles. The molecule has 1 atom stereocenters. The number of hydrogen-bond acceptors (Lipinski definition) is 4. The van der Waals surface area contributed by atoms with E-state index in [1.807, 2.05) is 55.5 Å². The zero-order chi connectivity index (χ0) is 21.3. The van der Waals surface area contributed by atoms with Gasteiger partial charge in [-0.2, -0.15) is 0 Å². The maximum Gasteiger partial charge on any atom is 0.261 e. The zero-order valence-corrected chi connectivity index (χ0v) is 17.7. The van der Waals surface area contributed by atoms with Crippen LogP contribution in [0.25, 0.3) is 0 Å². The van der Waals surface area contributed by atoms with Crippen molar-refractivity contribution in [3.63, 3.8) is 0 Å². The number of carbonyl (C=O) groups is 2. The summed E-state index contributed by atoms with van der Waals surface area (Å²) in [6.07, 6.45) is 2.45. The number of rotatable bonds is 9. The first kappa shape index (κ1) is 21.7. The summed E-state index contributed by atoms with van der Waals surface area (Å²) in [5.41, 5.74) is 1.98. The molecule has 2 amide bonds. The second-order valence-electron chi connectivity index (χ2n) is 7.52. The Hall–Kier alpha value is -3.02. The van der Waals surface area contributed by atoms with Crippen molar-refractivity contribution in [2.75, 3.05) is 19.8 Å². The normalized spacial score (nSPS) is 15.9. The second kappa shape index (κ2) is 10.7. The first-order valence-electron chi connectivity index (χ1n) is 10.6. The van der Waals surface area contributed by atoms with Gasteiger partial charge in [-0.3, -0.25) is 9.59 Å². The van der Waals surface area contributed by atoms with Gasteiger partial charge in [0.1, 0.15) is 17.5 Å². The Bertz CT molecular complexity index is 854. The Kier molecular flexibility index (Phi) is 7.71. The number of benzene rings is 2. The average molecular weight is 411 g/mol. The number of piperidine rings is 1. The van der Waals surface area contributed by atoms with Crippen LogP contribution in [0.1, 0.15) is 37.3 Å². The first-order chi connectivity index (χ1) is 14.6. The average Bonchev–Trinajstić information content (AvgIpc) is 2.76. The molecule has 1 heterocycles. The van der Waals surface area contributed by atoms with E-state index in [2.05, 4.69) is 12.2 Å². The number of aryl methyl sites for hydroxylation is 1. The molecular weight excluding hydrogens is 380 g/mol. The lowest BCUT2D eigenvalue weighted by Gasteiger charge is -2.33. The summed E-state index contributed by atoms with van der Waals surface area (Å²) in [4.78, 5) is 27.2. The molecule has 30 heavy (non-hydrogen) atoms. The van der Waals surface area contributed by atoms with Gasteiger partial charge in [0.05, 0.1) is 6.61 Å². The van der Waals surface area contributed by atoms with E-state index < -0.39 is 6.04 Å². The van der Waals surface area contributed by atoms with Crippen molar-refractivity contribution in [2.45, 2.75) is 45.7 Å². The number of carbonyl (C=O) groups excluding carboxylic acids is 2. The summed E-state index contributed by atoms with van der Waals surface area (Å²) in [6, 6.07) is 14.7. The third-order valence-electron chi connectivity index (χ3n) is 5.11. The van der Waals surface area contributed by atoms with Gasteiger partial charge in [0.15, 0.2) is 6.61 Å². The Balaban J connectivity index is 1.74. The molecule has 6 nitrogen and oxygen atoms in total. The minimum atomic E-state index is -0.484. The van der Waals surface area contributed by atoms with Crippen molar-refractivity contribution in [3.8, 4) is 11.5 Å². The molecular formula is C24H30N2O4. The fourth-order valence-corrected chi connectivity index (χ4v) is 3.55. The van der Waals surface area contributed by atoms with Gasteiger partial charge in [0, 0.05) is 13.1 Å². The van der Waals surface area contributed by atoms with Crippen LogP contribution in [0.4, 0.5) is 0 Å². The molecule has 2 aromatic carbocycles. The summed E-state index contributed by atoms with van der Waals surface area (Å²) in [6.45, 7) is 5.63. The number of nitrogens with zero attached hydrogens (tertiary/aromatic N) is 1. The lowest BCUT2D eigenvalue weighted by Crippen LogP contribution is -2.53. The van der Waals surface area contributed by atoms with Gasteiger partial charge in [0.25, 0.3) is 5.91 Å². The van der Waals surface area contributed by atoms with Gasteiger partial charge in [-0.15, -0.1) is 0 Å². The van der Waals surface area contributed by atoms with Crippen molar-refractivity contribution in [1.29, 1.82) is 0 Å². The molecule has 0 saturated carbocycles. The quantitative estimate of drug-likeness (QED) is 0.687. The van der Waals surface area contributed by atoms with E-state index in [1.165, 1.54) is 0 Å². The van der Waals surface area contributed by atoms with Crippen LogP contribution in [0.3, 0.4) is 0 Å². The minimum absolute atomic E-state index is 0.103. The summed E-state index contributed by atoms with van der Waals surface area (Å²) in [5.74, 6) is 1.17. The molecule has 1 aliphatic rings. The van der Waals surface area contributed by atoms with Crippen molar-refractivity contribution >= 4 is 11.8 Å². The van der Waals surface area contributed by atoms with E-state index >= 15 is 0 Å². The number of hydrogen-bond donors (Lipinski definition) is 1. The van der Waals surface area contributed by atoms with Crippen LogP contribution in [-0.2, 0) is 16.1 Å². The standard InChI is InChI=1S/C24H30N2O4/c1-3-14-29-22-12-11-19(15-18(22)2)16-26(21-10-7-13-25-24(21)28)23(27)17-30-20-8-5-4-6-9-20/h4-6,8-9,11-12,15,21H,3,7,10,13-14,16-17H2,1-2H3,(H,25,28). The Labute approximate surface area is 178 Å². The third kappa shape index (κ3) is 5.75. The van der Waals surface area contributed by atoms with Crippen LogP contribution >= 0.6 is 0 Å². The molecule has 0 radical (unpaired) electrons. The SMILES string of the molecule is CCCOc1ccc(CN(C(=O)COc2ccccc2)C2CCCNC2=O)cc1C. The third-order valence-corrected chi connectivity index (χ3v) is 5.11. The van der Waals surface area contributed by atoms with Gasteiger partial charge in [-0.1, -0.05) is 37.3 Å². The molecule has 2 aromatic rings. The molecule has 1 unspecified atom stereocenters. The van der Waals surface area contributed by atoms with Gasteiger partial charge in [0.2, 0.25) is 5.91 Å². The Morgan fingerprint density at radius 3 is 2.67 bits per heavy atom. The van der Waals surface area contributed by atoms with Crippen molar-refractivity contribution in [1.82, 2.24) is 10.2 Å². The van der Waals surface area contributed by atoms with Gasteiger partial charge in [-0.25, -0.2) is 0 Å². The van der Waals surface area contributed by atoms with Crippen LogP contribution in [0.15, 0.2) is 48.5 Å². The monoisotopic (exact) mass is 410 g/mol. The van der Waals surface area contributed by atoms with Gasteiger partial charge >= 0.3 is 0 Å². The first-order valence-corrected chi connectivity index (χ1v) is 10.6. The predicted octanol–water partition coefficient (Wildman–Crippen LogP) is 3.47. The number of para-hydroxylation sites is 1. The van der Waals surface area contributed by atoms with Crippen LogP contribution in [0.5, 0.6) is 11.5 Å².